The molecule has 1 fully saturated rings. The second-order valence-corrected chi connectivity index (χ2v) is 5.43. The van der Waals surface area contributed by atoms with Gasteiger partial charge in [-0.25, -0.2) is 0 Å². The van der Waals surface area contributed by atoms with Gasteiger partial charge < -0.3 is 34.5 Å². The van der Waals surface area contributed by atoms with Crippen molar-refractivity contribution in [1.29, 1.82) is 0 Å². The summed E-state index contributed by atoms with van der Waals surface area (Å²) < 4.78 is 12.6. The predicted molar refractivity (Wildman–Crippen MR) is 77.3 cm³/mol. The molecule has 0 bridgehead atoms. The SMILES string of the molecule is Cn1cc(O[C@@H]2[C@@H](O)[C@@H](O)[C@@H](CO)O[C@H]2O)c2ccccc21. The van der Waals surface area contributed by atoms with Crippen LogP contribution in [0.15, 0.2) is 30.5 Å². The first-order valence-electron chi connectivity index (χ1n) is 7.04. The zero-order valence-corrected chi connectivity index (χ0v) is 12.0. The predicted octanol–water partition coefficient (Wildman–Crippen LogP) is -0.643. The van der Waals surface area contributed by atoms with E-state index >= 15 is 0 Å². The number of benzene rings is 1. The molecule has 1 aromatic heterocycles. The van der Waals surface area contributed by atoms with Crippen molar-refractivity contribution in [2.24, 2.45) is 7.05 Å². The standard InChI is InChI=1S/C15H19NO6/c1-16-6-10(8-4-2-3-5-9(8)16)21-14-13(19)12(18)11(7-17)22-15(14)20/h2-6,11-15,17-20H,7H2,1H3/t11-,12+,13+,14-,15-/m1/s1. The second kappa shape index (κ2) is 5.86. The molecule has 0 radical (unpaired) electrons. The van der Waals surface area contributed by atoms with Gasteiger partial charge in [-0.05, 0) is 12.1 Å². The maximum atomic E-state index is 10.1. The summed E-state index contributed by atoms with van der Waals surface area (Å²) in [5.74, 6) is 0.472. The third-order valence-electron chi connectivity index (χ3n) is 3.97. The van der Waals surface area contributed by atoms with E-state index in [1.165, 1.54) is 0 Å². The van der Waals surface area contributed by atoms with Gasteiger partial charge in [0.25, 0.3) is 0 Å². The van der Waals surface area contributed by atoms with Crippen LogP contribution in [0.1, 0.15) is 0 Å². The average molecular weight is 309 g/mol. The molecular weight excluding hydrogens is 290 g/mol. The van der Waals surface area contributed by atoms with Gasteiger partial charge in [-0.2, -0.15) is 0 Å². The van der Waals surface area contributed by atoms with Crippen LogP contribution in [0.2, 0.25) is 0 Å². The minimum Gasteiger partial charge on any atom is -0.480 e. The van der Waals surface area contributed by atoms with Crippen molar-refractivity contribution in [3.05, 3.63) is 30.5 Å². The number of aromatic nitrogens is 1. The van der Waals surface area contributed by atoms with E-state index in [1.807, 2.05) is 35.9 Å². The summed E-state index contributed by atoms with van der Waals surface area (Å²) in [6.07, 6.45) is -4.63. The normalized spacial score (nSPS) is 32.3. The minimum absolute atomic E-state index is 0.472. The lowest BCUT2D eigenvalue weighted by molar-refractivity contribution is -0.280. The molecule has 3 rings (SSSR count). The Hall–Kier alpha value is -1.64. The average Bonchev–Trinajstić information content (AvgIpc) is 2.84. The van der Waals surface area contributed by atoms with Crippen molar-refractivity contribution in [3.8, 4) is 5.75 Å². The van der Waals surface area contributed by atoms with Crippen molar-refractivity contribution >= 4 is 10.9 Å². The number of rotatable bonds is 3. The first-order chi connectivity index (χ1) is 10.5. The van der Waals surface area contributed by atoms with E-state index in [4.69, 9.17) is 14.6 Å². The molecule has 0 unspecified atom stereocenters. The fourth-order valence-corrected chi connectivity index (χ4v) is 2.74. The van der Waals surface area contributed by atoms with E-state index in [2.05, 4.69) is 0 Å². The first-order valence-corrected chi connectivity index (χ1v) is 7.04. The maximum absolute atomic E-state index is 10.1. The molecule has 1 aromatic carbocycles. The van der Waals surface area contributed by atoms with E-state index in [1.54, 1.807) is 6.20 Å². The molecule has 1 aliphatic rings. The van der Waals surface area contributed by atoms with Crippen LogP contribution < -0.4 is 4.74 Å². The van der Waals surface area contributed by atoms with Crippen LogP contribution in [-0.2, 0) is 11.8 Å². The van der Waals surface area contributed by atoms with Crippen LogP contribution in [0, 0.1) is 0 Å². The number of hydrogen-bond acceptors (Lipinski definition) is 6. The van der Waals surface area contributed by atoms with E-state index in [0.29, 0.717) is 5.75 Å². The van der Waals surface area contributed by atoms with Gasteiger partial charge in [0.05, 0.1) is 12.1 Å². The lowest BCUT2D eigenvalue weighted by Gasteiger charge is -2.39. The number of nitrogens with zero attached hydrogens (tertiary/aromatic N) is 1. The van der Waals surface area contributed by atoms with Crippen LogP contribution in [0.4, 0.5) is 0 Å². The lowest BCUT2D eigenvalue weighted by atomic mass is 9.99. The molecule has 0 spiro atoms. The number of para-hydroxylation sites is 1. The quantitative estimate of drug-likeness (QED) is 0.601. The Morgan fingerprint density at radius 3 is 2.64 bits per heavy atom. The third-order valence-corrected chi connectivity index (χ3v) is 3.97. The largest absolute Gasteiger partial charge is 0.480 e. The van der Waals surface area contributed by atoms with Crippen LogP contribution in [0.25, 0.3) is 10.9 Å². The highest BCUT2D eigenvalue weighted by Crippen LogP contribution is 2.31. The molecule has 2 aromatic rings. The van der Waals surface area contributed by atoms with Gasteiger partial charge in [0, 0.05) is 18.6 Å². The van der Waals surface area contributed by atoms with Gasteiger partial charge in [-0.1, -0.05) is 12.1 Å². The second-order valence-electron chi connectivity index (χ2n) is 5.43. The summed E-state index contributed by atoms with van der Waals surface area (Å²) in [6, 6.07) is 7.54. The highest BCUT2D eigenvalue weighted by atomic mass is 16.7. The molecule has 4 N–H and O–H groups in total. The Morgan fingerprint density at radius 2 is 1.91 bits per heavy atom. The number of aliphatic hydroxyl groups is 4. The Kier molecular flexibility index (Phi) is 4.07. The third kappa shape index (κ3) is 2.47. The zero-order valence-electron chi connectivity index (χ0n) is 12.0. The van der Waals surface area contributed by atoms with Gasteiger partial charge in [0.2, 0.25) is 0 Å². The van der Waals surface area contributed by atoms with Gasteiger partial charge in [0.15, 0.2) is 12.4 Å². The highest BCUT2D eigenvalue weighted by molar-refractivity contribution is 5.86. The smallest absolute Gasteiger partial charge is 0.195 e. The Morgan fingerprint density at radius 1 is 1.18 bits per heavy atom. The minimum atomic E-state index is -1.45. The summed E-state index contributed by atoms with van der Waals surface area (Å²) in [5, 5.41) is 39.9. The fourth-order valence-electron chi connectivity index (χ4n) is 2.74. The Bertz CT molecular complexity index is 657. The van der Waals surface area contributed by atoms with Crippen LogP contribution >= 0.6 is 0 Å². The number of fused-ring (bicyclic) bond motifs is 1. The molecule has 5 atom stereocenters. The van der Waals surface area contributed by atoms with Gasteiger partial charge in [0.1, 0.15) is 24.1 Å². The number of aliphatic hydroxyl groups excluding tert-OH is 4. The topological polar surface area (TPSA) is 104 Å². The monoisotopic (exact) mass is 309 g/mol. The zero-order chi connectivity index (χ0) is 15.9. The van der Waals surface area contributed by atoms with Crippen LogP contribution in [0.5, 0.6) is 5.75 Å². The lowest BCUT2D eigenvalue weighted by Crippen LogP contribution is -2.60. The first kappa shape index (κ1) is 15.3. The molecule has 120 valence electrons. The van der Waals surface area contributed by atoms with Gasteiger partial charge >= 0.3 is 0 Å². The van der Waals surface area contributed by atoms with E-state index in [-0.39, 0.29) is 0 Å². The van der Waals surface area contributed by atoms with Crippen molar-refractivity contribution in [3.63, 3.8) is 0 Å². The van der Waals surface area contributed by atoms with E-state index in [0.717, 1.165) is 10.9 Å². The summed E-state index contributed by atoms with van der Waals surface area (Å²) in [4.78, 5) is 0. The Labute approximate surface area is 126 Å². The van der Waals surface area contributed by atoms with Crippen LogP contribution in [-0.4, -0.2) is 62.3 Å². The molecule has 1 aliphatic heterocycles. The summed E-state index contributed by atoms with van der Waals surface area (Å²) in [6.45, 7) is -0.504. The van der Waals surface area contributed by atoms with Crippen molar-refractivity contribution < 1.29 is 29.9 Å². The van der Waals surface area contributed by atoms with Crippen LogP contribution in [0.3, 0.4) is 0 Å². The molecule has 22 heavy (non-hydrogen) atoms. The molecule has 1 saturated heterocycles. The Balaban J connectivity index is 1.88. The summed E-state index contributed by atoms with van der Waals surface area (Å²) in [7, 11) is 1.86. The number of aryl methyl sites for hydroxylation is 1. The maximum Gasteiger partial charge on any atom is 0.195 e. The number of hydrogen-bond donors (Lipinski definition) is 4. The molecule has 7 nitrogen and oxygen atoms in total. The molecule has 7 heteroatoms. The number of ether oxygens (including phenoxy) is 2. The molecule has 2 heterocycles. The highest BCUT2D eigenvalue weighted by Gasteiger charge is 2.45. The van der Waals surface area contributed by atoms with Gasteiger partial charge in [-0.3, -0.25) is 0 Å². The van der Waals surface area contributed by atoms with E-state index < -0.39 is 37.3 Å². The van der Waals surface area contributed by atoms with Crippen molar-refractivity contribution in [2.75, 3.05) is 6.61 Å². The molecule has 0 saturated carbocycles. The molecule has 0 aliphatic carbocycles. The summed E-state index contributed by atoms with van der Waals surface area (Å²) in [5.41, 5.74) is 0.937. The van der Waals surface area contributed by atoms with E-state index in [9.17, 15) is 15.3 Å². The van der Waals surface area contributed by atoms with Crippen molar-refractivity contribution in [2.45, 2.75) is 30.7 Å². The van der Waals surface area contributed by atoms with Crippen molar-refractivity contribution in [1.82, 2.24) is 4.57 Å². The van der Waals surface area contributed by atoms with Gasteiger partial charge in [-0.15, -0.1) is 0 Å². The molecular formula is C15H19NO6. The summed E-state index contributed by atoms with van der Waals surface area (Å²) >= 11 is 0. The fraction of sp³-hybridized carbons (Fsp3) is 0.467. The molecule has 0 amide bonds.